The highest BCUT2D eigenvalue weighted by molar-refractivity contribution is 5.89. The fourth-order valence-corrected chi connectivity index (χ4v) is 2.84. The Hall–Kier alpha value is -3.29. The maximum Gasteiger partial charge on any atom is 0.325 e. The first-order valence-electron chi connectivity index (χ1n) is 8.77. The number of anilines is 3. The lowest BCUT2D eigenvalue weighted by Crippen LogP contribution is -2.50. The molecule has 1 aromatic heterocycles. The van der Waals surface area contributed by atoms with Gasteiger partial charge in [-0.1, -0.05) is 0 Å². The van der Waals surface area contributed by atoms with Crippen molar-refractivity contribution in [3.8, 4) is 0 Å². The predicted molar refractivity (Wildman–Crippen MR) is 104 cm³/mol. The minimum atomic E-state index is -0.335. The summed E-state index contributed by atoms with van der Waals surface area (Å²) in [5.41, 5.74) is 2.62. The number of methoxy groups -OCH3 is 1. The van der Waals surface area contributed by atoms with Crippen molar-refractivity contribution in [2.75, 3.05) is 55.4 Å². The number of rotatable bonds is 5. The maximum absolute atomic E-state index is 12.5. The summed E-state index contributed by atoms with van der Waals surface area (Å²) < 4.78 is 4.58. The smallest absolute Gasteiger partial charge is 0.325 e. The average Bonchev–Trinajstić information content (AvgIpc) is 2.73. The van der Waals surface area contributed by atoms with E-state index in [1.165, 1.54) is 7.11 Å². The lowest BCUT2D eigenvalue weighted by atomic mass is 10.2. The van der Waals surface area contributed by atoms with Crippen LogP contribution in [0.5, 0.6) is 0 Å². The molecule has 142 valence electrons. The molecule has 0 bridgehead atoms. The third-order valence-electron chi connectivity index (χ3n) is 4.40. The SMILES string of the molecule is COC(=O)CNc1ccc(NC(=O)N2CCN(c3ccncc3)CC2)cc1. The molecule has 2 amide bonds. The summed E-state index contributed by atoms with van der Waals surface area (Å²) in [6.07, 6.45) is 3.55. The maximum atomic E-state index is 12.5. The van der Waals surface area contributed by atoms with E-state index in [9.17, 15) is 9.59 Å². The standard InChI is InChI=1S/C19H23N5O3/c1-27-18(25)14-21-15-2-4-16(5-3-15)22-19(26)24-12-10-23(11-13-24)17-6-8-20-9-7-17/h2-9,21H,10-14H2,1H3,(H,22,26). The van der Waals surface area contributed by atoms with Gasteiger partial charge >= 0.3 is 12.0 Å². The van der Waals surface area contributed by atoms with Crippen LogP contribution < -0.4 is 15.5 Å². The van der Waals surface area contributed by atoms with Crippen molar-refractivity contribution in [2.45, 2.75) is 0 Å². The molecule has 2 N–H and O–H groups in total. The molecule has 1 saturated heterocycles. The van der Waals surface area contributed by atoms with Crippen molar-refractivity contribution in [1.29, 1.82) is 0 Å². The minimum absolute atomic E-state index is 0.101. The molecule has 2 aromatic rings. The van der Waals surface area contributed by atoms with Gasteiger partial charge in [0.25, 0.3) is 0 Å². The van der Waals surface area contributed by atoms with E-state index < -0.39 is 0 Å². The number of nitrogens with zero attached hydrogens (tertiary/aromatic N) is 3. The fraction of sp³-hybridized carbons (Fsp3) is 0.316. The number of hydrogen-bond donors (Lipinski definition) is 2. The van der Waals surface area contributed by atoms with Crippen LogP contribution in [0.2, 0.25) is 0 Å². The first kappa shape index (κ1) is 18.5. The molecular formula is C19H23N5O3. The number of carbonyl (C=O) groups is 2. The topological polar surface area (TPSA) is 86.8 Å². The summed E-state index contributed by atoms with van der Waals surface area (Å²) in [6.45, 7) is 2.99. The van der Waals surface area contributed by atoms with Crippen LogP contribution in [0.3, 0.4) is 0 Å². The van der Waals surface area contributed by atoms with Crippen molar-refractivity contribution < 1.29 is 14.3 Å². The molecule has 3 rings (SSSR count). The number of carbonyl (C=O) groups excluding carboxylic acids is 2. The highest BCUT2D eigenvalue weighted by Gasteiger charge is 2.21. The van der Waals surface area contributed by atoms with Gasteiger partial charge in [0.2, 0.25) is 0 Å². The van der Waals surface area contributed by atoms with E-state index in [2.05, 4.69) is 25.3 Å². The van der Waals surface area contributed by atoms with Gasteiger partial charge in [0.1, 0.15) is 6.54 Å². The second-order valence-corrected chi connectivity index (χ2v) is 6.12. The Bertz CT molecular complexity index is 759. The van der Waals surface area contributed by atoms with Gasteiger partial charge < -0.3 is 25.2 Å². The lowest BCUT2D eigenvalue weighted by Gasteiger charge is -2.36. The molecule has 1 aromatic carbocycles. The van der Waals surface area contributed by atoms with Crippen molar-refractivity contribution in [2.24, 2.45) is 0 Å². The third kappa shape index (κ3) is 5.10. The zero-order chi connectivity index (χ0) is 19.1. The number of hydrogen-bond acceptors (Lipinski definition) is 6. The summed E-state index contributed by atoms with van der Waals surface area (Å²) in [5.74, 6) is -0.335. The molecule has 27 heavy (non-hydrogen) atoms. The van der Waals surface area contributed by atoms with E-state index in [0.29, 0.717) is 18.8 Å². The Balaban J connectivity index is 1.47. The molecule has 0 atom stereocenters. The van der Waals surface area contributed by atoms with Crippen LogP contribution in [0.15, 0.2) is 48.8 Å². The van der Waals surface area contributed by atoms with E-state index in [1.54, 1.807) is 41.6 Å². The van der Waals surface area contributed by atoms with Crippen LogP contribution in [0, 0.1) is 0 Å². The van der Waals surface area contributed by atoms with Crippen molar-refractivity contribution >= 4 is 29.1 Å². The molecule has 0 aliphatic carbocycles. The van der Waals surface area contributed by atoms with E-state index in [1.807, 2.05) is 12.1 Å². The summed E-state index contributed by atoms with van der Waals surface area (Å²) in [5, 5.41) is 5.86. The lowest BCUT2D eigenvalue weighted by molar-refractivity contribution is -0.138. The number of benzene rings is 1. The largest absolute Gasteiger partial charge is 0.468 e. The Morgan fingerprint density at radius 3 is 2.26 bits per heavy atom. The van der Waals surface area contributed by atoms with E-state index in [0.717, 1.165) is 24.5 Å². The molecule has 0 spiro atoms. The molecule has 1 aliphatic rings. The Morgan fingerprint density at radius 1 is 1.00 bits per heavy atom. The number of pyridine rings is 1. The van der Waals surface area contributed by atoms with Gasteiger partial charge in [-0.25, -0.2) is 4.79 Å². The van der Waals surface area contributed by atoms with E-state index >= 15 is 0 Å². The van der Waals surface area contributed by atoms with Gasteiger partial charge in [0.15, 0.2) is 0 Å². The average molecular weight is 369 g/mol. The van der Waals surface area contributed by atoms with Crippen LogP contribution in [0.1, 0.15) is 0 Å². The van der Waals surface area contributed by atoms with Crippen LogP contribution in [-0.2, 0) is 9.53 Å². The number of nitrogens with one attached hydrogen (secondary N) is 2. The number of aromatic nitrogens is 1. The second kappa shape index (κ2) is 8.88. The highest BCUT2D eigenvalue weighted by Crippen LogP contribution is 2.17. The predicted octanol–water partition coefficient (Wildman–Crippen LogP) is 2.02. The van der Waals surface area contributed by atoms with Crippen LogP contribution in [0.4, 0.5) is 21.9 Å². The molecule has 8 nitrogen and oxygen atoms in total. The number of piperazine rings is 1. The van der Waals surface area contributed by atoms with Gasteiger partial charge in [-0.15, -0.1) is 0 Å². The molecule has 1 aliphatic heterocycles. The third-order valence-corrected chi connectivity index (χ3v) is 4.40. The van der Waals surface area contributed by atoms with E-state index in [4.69, 9.17) is 0 Å². The zero-order valence-electron chi connectivity index (χ0n) is 15.2. The molecule has 0 unspecified atom stereocenters. The van der Waals surface area contributed by atoms with Crippen molar-refractivity contribution in [1.82, 2.24) is 9.88 Å². The van der Waals surface area contributed by atoms with Gasteiger partial charge in [-0.2, -0.15) is 0 Å². The Morgan fingerprint density at radius 2 is 1.63 bits per heavy atom. The van der Waals surface area contributed by atoms with Gasteiger partial charge in [0.05, 0.1) is 7.11 Å². The van der Waals surface area contributed by atoms with Crippen molar-refractivity contribution in [3.63, 3.8) is 0 Å². The van der Waals surface area contributed by atoms with Gasteiger partial charge in [0, 0.05) is 55.6 Å². The minimum Gasteiger partial charge on any atom is -0.468 e. The number of ether oxygens (including phenoxy) is 1. The van der Waals surface area contributed by atoms with Crippen LogP contribution >= 0.6 is 0 Å². The molecular weight excluding hydrogens is 346 g/mol. The zero-order valence-corrected chi connectivity index (χ0v) is 15.2. The first-order valence-corrected chi connectivity index (χ1v) is 8.77. The summed E-state index contributed by atoms with van der Waals surface area (Å²) in [4.78, 5) is 31.7. The monoisotopic (exact) mass is 369 g/mol. The normalized spacial score (nSPS) is 13.8. The summed E-state index contributed by atoms with van der Waals surface area (Å²) in [6, 6.07) is 11.0. The highest BCUT2D eigenvalue weighted by atomic mass is 16.5. The van der Waals surface area contributed by atoms with Crippen molar-refractivity contribution in [3.05, 3.63) is 48.8 Å². The molecule has 8 heteroatoms. The number of esters is 1. The van der Waals surface area contributed by atoms with E-state index in [-0.39, 0.29) is 18.5 Å². The van der Waals surface area contributed by atoms with Gasteiger partial charge in [-0.3, -0.25) is 9.78 Å². The van der Waals surface area contributed by atoms with Crippen LogP contribution in [0.25, 0.3) is 0 Å². The first-order chi connectivity index (χ1) is 13.2. The molecule has 2 heterocycles. The second-order valence-electron chi connectivity index (χ2n) is 6.12. The Kier molecular flexibility index (Phi) is 6.09. The Labute approximate surface area is 158 Å². The fourth-order valence-electron chi connectivity index (χ4n) is 2.84. The number of amides is 2. The molecule has 0 radical (unpaired) electrons. The summed E-state index contributed by atoms with van der Waals surface area (Å²) >= 11 is 0. The van der Waals surface area contributed by atoms with Gasteiger partial charge in [-0.05, 0) is 36.4 Å². The molecule has 1 fully saturated rings. The molecule has 0 saturated carbocycles. The number of urea groups is 1. The summed E-state index contributed by atoms with van der Waals surface area (Å²) in [7, 11) is 1.35. The quantitative estimate of drug-likeness (QED) is 0.784. The van der Waals surface area contributed by atoms with Crippen LogP contribution in [-0.4, -0.2) is 61.7 Å².